The number of aliphatic carboxylic acids is 1. The summed E-state index contributed by atoms with van der Waals surface area (Å²) in [5.74, 6) is -2.28. The SMILES string of the molecule is COCCOCCN1/C(=C/C=C/C=C/C=C/C2=[N+](CCCCCC(=O)O)c3ccc(S(=O)(=O)[O-])cc3C2(C)CCCS(=O)(=O)[O-])C(C)(CCCS(=O)(=O)[O-])c2cc(S(=O)(=O)[O-])ccc21. The number of ether oxygens (including phenoxy) is 2. The van der Waals surface area contributed by atoms with Crippen LogP contribution in [0.4, 0.5) is 11.4 Å². The van der Waals surface area contributed by atoms with Gasteiger partial charge in [-0.25, -0.2) is 33.7 Å². The Kier molecular flexibility index (Phi) is 18.0. The zero-order valence-corrected chi connectivity index (χ0v) is 39.0. The van der Waals surface area contributed by atoms with Crippen LogP contribution in [0.1, 0.15) is 76.3 Å². The molecule has 354 valence electrons. The lowest BCUT2D eigenvalue weighted by Gasteiger charge is -2.30. The Morgan fingerprint density at radius 3 is 1.89 bits per heavy atom. The quantitative estimate of drug-likeness (QED) is 0.0600. The second-order valence-corrected chi connectivity index (χ2v) is 21.6. The first-order chi connectivity index (χ1) is 29.8. The van der Waals surface area contributed by atoms with E-state index in [4.69, 9.17) is 14.6 Å². The molecule has 1 N–H and O–H groups in total. The lowest BCUT2D eigenvalue weighted by atomic mass is 9.76. The third kappa shape index (κ3) is 14.2. The molecule has 0 aliphatic carbocycles. The van der Waals surface area contributed by atoms with E-state index in [1.165, 1.54) is 43.5 Å². The zero-order chi connectivity index (χ0) is 47.6. The van der Waals surface area contributed by atoms with Crippen LogP contribution in [0.15, 0.2) is 94.4 Å². The maximum Gasteiger partial charge on any atom is 0.303 e. The average molecular weight is 970 g/mol. The first kappa shape index (κ1) is 52.5. The third-order valence-corrected chi connectivity index (χ3v) is 14.5. The Hall–Kier alpha value is -4.10. The molecule has 0 bridgehead atoms. The van der Waals surface area contributed by atoms with Crippen LogP contribution in [0.5, 0.6) is 0 Å². The number of anilines is 1. The molecule has 0 saturated carbocycles. The first-order valence-corrected chi connectivity index (χ1v) is 26.3. The summed E-state index contributed by atoms with van der Waals surface area (Å²) in [5.41, 5.74) is 1.10. The van der Waals surface area contributed by atoms with E-state index in [0.29, 0.717) is 72.9 Å². The second-order valence-electron chi connectivity index (χ2n) is 15.8. The summed E-state index contributed by atoms with van der Waals surface area (Å²) in [4.78, 5) is 12.0. The summed E-state index contributed by atoms with van der Waals surface area (Å²) in [7, 11) is -17.4. The van der Waals surface area contributed by atoms with E-state index in [2.05, 4.69) is 0 Å². The van der Waals surface area contributed by atoms with Crippen LogP contribution in [0.2, 0.25) is 0 Å². The van der Waals surface area contributed by atoms with Crippen molar-refractivity contribution in [3.8, 4) is 0 Å². The maximum absolute atomic E-state index is 12.1. The number of methoxy groups -OCH3 is 1. The highest BCUT2D eigenvalue weighted by Gasteiger charge is 2.48. The molecular formula is C42H53N2O16S4-3. The van der Waals surface area contributed by atoms with Gasteiger partial charge in [0, 0.05) is 72.5 Å². The van der Waals surface area contributed by atoms with Gasteiger partial charge in [0.2, 0.25) is 5.69 Å². The van der Waals surface area contributed by atoms with Crippen molar-refractivity contribution >= 4 is 63.5 Å². The van der Waals surface area contributed by atoms with Gasteiger partial charge in [-0.2, -0.15) is 4.58 Å². The minimum Gasteiger partial charge on any atom is -0.748 e. The predicted molar refractivity (Wildman–Crippen MR) is 233 cm³/mol. The summed E-state index contributed by atoms with van der Waals surface area (Å²) in [5, 5.41) is 9.10. The van der Waals surface area contributed by atoms with Crippen LogP contribution < -0.4 is 4.90 Å². The monoisotopic (exact) mass is 969 g/mol. The molecule has 2 aliphatic rings. The highest BCUT2D eigenvalue weighted by atomic mass is 32.2. The molecule has 64 heavy (non-hydrogen) atoms. The highest BCUT2D eigenvalue weighted by molar-refractivity contribution is 7.86. The minimum absolute atomic E-state index is 0.0277. The summed E-state index contributed by atoms with van der Waals surface area (Å²) in [6.07, 6.45) is 13.4. The number of nitrogens with zero attached hydrogens (tertiary/aromatic N) is 2. The Morgan fingerprint density at radius 1 is 0.719 bits per heavy atom. The van der Waals surface area contributed by atoms with Crippen molar-refractivity contribution in [2.45, 2.75) is 85.8 Å². The summed E-state index contributed by atoms with van der Waals surface area (Å²) in [6, 6.07) is 7.91. The molecule has 0 saturated heterocycles. The van der Waals surface area contributed by atoms with E-state index in [-0.39, 0.29) is 45.3 Å². The molecule has 2 aromatic carbocycles. The fourth-order valence-corrected chi connectivity index (χ4v) is 10.2. The Bertz CT molecular complexity index is 2640. The minimum atomic E-state index is -4.88. The molecule has 22 heteroatoms. The van der Waals surface area contributed by atoms with Crippen LogP contribution in [0.3, 0.4) is 0 Å². The Labute approximate surface area is 375 Å². The van der Waals surface area contributed by atoms with Crippen LogP contribution in [-0.4, -0.2) is 125 Å². The van der Waals surface area contributed by atoms with Gasteiger partial charge >= 0.3 is 5.97 Å². The molecule has 18 nitrogen and oxygen atoms in total. The topological polar surface area (TPSA) is 291 Å². The maximum atomic E-state index is 12.1. The molecule has 0 aromatic heterocycles. The van der Waals surface area contributed by atoms with Gasteiger partial charge in [0.15, 0.2) is 5.71 Å². The number of carboxylic acid groups (broad SMARTS) is 1. The summed E-state index contributed by atoms with van der Waals surface area (Å²) >= 11 is 0. The molecule has 2 atom stereocenters. The fourth-order valence-electron chi connectivity index (χ4n) is 8.20. The van der Waals surface area contributed by atoms with Gasteiger partial charge in [0.1, 0.15) is 26.8 Å². The highest BCUT2D eigenvalue weighted by Crippen LogP contribution is 2.51. The molecule has 4 rings (SSSR count). The number of allylic oxidation sites excluding steroid dienone is 8. The molecule has 0 spiro atoms. The van der Waals surface area contributed by atoms with Crippen molar-refractivity contribution in [2.75, 3.05) is 56.4 Å². The standard InChI is InChI=1S/C42H56N2O16S4/c1-41(21-12-28-61(47,48)49)34-30-32(63(53,54)55)17-19-36(34)43(23-11-7-10-16-40(45)46)38(41)14-8-5-4-6-9-15-39-42(2,22-13-29-62(50,51)52)35-31-33(64(56,57)58)18-20-37(35)44(39)24-25-60-27-26-59-3/h4-6,8-9,14-15,17-20,30-31H,7,10-13,16,21-29H2,1-3H3,(H4-,45,46,47,48,49,50,51,52,53,54,55,56,57,58)/p-3. The number of unbranched alkanes of at least 4 members (excludes halogenated alkanes) is 2. The molecule has 0 amide bonds. The van der Waals surface area contributed by atoms with E-state index in [0.717, 1.165) is 0 Å². The first-order valence-electron chi connectivity index (χ1n) is 20.3. The zero-order valence-electron chi connectivity index (χ0n) is 35.7. The van der Waals surface area contributed by atoms with Gasteiger partial charge in [-0.15, -0.1) is 0 Å². The number of hydrogen-bond donors (Lipinski definition) is 1. The molecule has 2 heterocycles. The molecule has 2 unspecified atom stereocenters. The molecular weight excluding hydrogens is 917 g/mol. The lowest BCUT2D eigenvalue weighted by Crippen LogP contribution is -2.32. The molecule has 0 radical (unpaired) electrons. The van der Waals surface area contributed by atoms with Gasteiger partial charge < -0.3 is 37.7 Å². The van der Waals surface area contributed by atoms with Crippen molar-refractivity contribution in [1.29, 1.82) is 0 Å². The van der Waals surface area contributed by atoms with Gasteiger partial charge in [-0.05, 0) is 94.3 Å². The van der Waals surface area contributed by atoms with Crippen molar-refractivity contribution in [3.63, 3.8) is 0 Å². The van der Waals surface area contributed by atoms with E-state index >= 15 is 0 Å². The molecule has 2 aromatic rings. The smallest absolute Gasteiger partial charge is 0.303 e. The van der Waals surface area contributed by atoms with Gasteiger partial charge in [-0.3, -0.25) is 4.79 Å². The number of benzene rings is 2. The third-order valence-electron chi connectivity index (χ3n) is 11.3. The van der Waals surface area contributed by atoms with Gasteiger partial charge in [0.05, 0.1) is 55.3 Å². The van der Waals surface area contributed by atoms with Gasteiger partial charge in [-0.1, -0.05) is 30.4 Å². The Morgan fingerprint density at radius 2 is 1.30 bits per heavy atom. The number of carboxylic acids is 1. The van der Waals surface area contributed by atoms with E-state index in [1.807, 2.05) is 9.48 Å². The second kappa shape index (κ2) is 21.9. The number of hydrogen-bond acceptors (Lipinski definition) is 16. The van der Waals surface area contributed by atoms with E-state index in [1.54, 1.807) is 56.4 Å². The fraction of sp³-hybridized carbons (Fsp3) is 0.476. The Balaban J connectivity index is 1.74. The van der Waals surface area contributed by atoms with Crippen molar-refractivity contribution in [2.24, 2.45) is 0 Å². The van der Waals surface area contributed by atoms with Crippen LogP contribution >= 0.6 is 0 Å². The van der Waals surface area contributed by atoms with Gasteiger partial charge in [0.25, 0.3) is 0 Å². The van der Waals surface area contributed by atoms with Crippen LogP contribution in [0, 0.1) is 0 Å². The normalized spacial score (nSPS) is 20.1. The predicted octanol–water partition coefficient (Wildman–Crippen LogP) is 4.14. The number of fused-ring (bicyclic) bond motifs is 2. The van der Waals surface area contributed by atoms with E-state index in [9.17, 15) is 56.7 Å². The number of rotatable bonds is 26. The van der Waals surface area contributed by atoms with Crippen LogP contribution in [0.25, 0.3) is 0 Å². The van der Waals surface area contributed by atoms with Crippen LogP contribution in [-0.2, 0) is 65.6 Å². The largest absolute Gasteiger partial charge is 0.748 e. The molecule has 0 fully saturated rings. The molecule has 2 aliphatic heterocycles. The lowest BCUT2D eigenvalue weighted by molar-refractivity contribution is -0.438. The summed E-state index contributed by atoms with van der Waals surface area (Å²) in [6.45, 7) is 5.00. The average Bonchev–Trinajstić information content (AvgIpc) is 3.55. The van der Waals surface area contributed by atoms with Crippen molar-refractivity contribution in [1.82, 2.24) is 0 Å². The van der Waals surface area contributed by atoms with E-state index < -0.39 is 78.6 Å². The summed E-state index contributed by atoms with van der Waals surface area (Å²) < 4.78 is 155. The van der Waals surface area contributed by atoms with Crippen molar-refractivity contribution in [3.05, 3.63) is 95.8 Å². The number of carbonyl (C=O) groups is 1. The van der Waals surface area contributed by atoms with Crippen molar-refractivity contribution < 1.29 is 75.8 Å².